The summed E-state index contributed by atoms with van der Waals surface area (Å²) in [5.74, 6) is 1.82. The highest BCUT2D eigenvalue weighted by atomic mass is 32.2. The van der Waals surface area contributed by atoms with Crippen LogP contribution in [0, 0.1) is 6.92 Å². The molecule has 2 aromatic heterocycles. The van der Waals surface area contributed by atoms with Gasteiger partial charge in [-0.1, -0.05) is 30.0 Å². The molecule has 0 spiro atoms. The maximum atomic E-state index is 13.0. The van der Waals surface area contributed by atoms with Gasteiger partial charge in [-0.3, -0.25) is 14.3 Å². The summed E-state index contributed by atoms with van der Waals surface area (Å²) in [7, 11) is 5.20. The zero-order valence-electron chi connectivity index (χ0n) is 19.9. The van der Waals surface area contributed by atoms with Crippen molar-refractivity contribution in [1.82, 2.24) is 24.1 Å². The summed E-state index contributed by atoms with van der Waals surface area (Å²) in [4.78, 5) is 25.6. The first-order valence-electron chi connectivity index (χ1n) is 10.8. The van der Waals surface area contributed by atoms with Crippen molar-refractivity contribution in [2.75, 3.05) is 18.2 Å². The number of amides is 1. The topological polar surface area (TPSA) is 105 Å². The minimum absolute atomic E-state index is 0.0738. The molecule has 0 fully saturated rings. The van der Waals surface area contributed by atoms with Gasteiger partial charge in [0.15, 0.2) is 11.0 Å². The second-order valence-corrected chi connectivity index (χ2v) is 8.64. The first-order valence-corrected chi connectivity index (χ1v) is 11.8. The van der Waals surface area contributed by atoms with Gasteiger partial charge in [0, 0.05) is 14.1 Å². The van der Waals surface area contributed by atoms with E-state index >= 15 is 0 Å². The highest BCUT2D eigenvalue weighted by Crippen LogP contribution is 2.20. The summed E-state index contributed by atoms with van der Waals surface area (Å²) in [6.07, 6.45) is 0. The molecule has 4 rings (SSSR count). The molecule has 10 nitrogen and oxygen atoms in total. The van der Waals surface area contributed by atoms with Gasteiger partial charge < -0.3 is 19.4 Å². The molecule has 1 amide bonds. The largest absolute Gasteiger partial charge is 0.497 e. The van der Waals surface area contributed by atoms with Crippen molar-refractivity contribution in [2.45, 2.75) is 18.7 Å². The zero-order valence-corrected chi connectivity index (χ0v) is 20.7. The molecule has 0 aliphatic heterocycles. The number of hydrogen-bond donors (Lipinski definition) is 1. The molecule has 0 radical (unpaired) electrons. The summed E-state index contributed by atoms with van der Waals surface area (Å²) >= 11 is 1.23. The Morgan fingerprint density at radius 3 is 2.40 bits per heavy atom. The lowest BCUT2D eigenvalue weighted by molar-refractivity contribution is -0.113. The Hall–Kier alpha value is -3.99. The van der Waals surface area contributed by atoms with E-state index in [1.54, 1.807) is 30.3 Å². The van der Waals surface area contributed by atoms with Crippen molar-refractivity contribution < 1.29 is 14.3 Å². The molecule has 0 aliphatic carbocycles. The van der Waals surface area contributed by atoms with Crippen LogP contribution in [0.1, 0.15) is 11.5 Å². The van der Waals surface area contributed by atoms with Gasteiger partial charge in [0.05, 0.1) is 24.2 Å². The van der Waals surface area contributed by atoms with Crippen LogP contribution in [-0.4, -0.2) is 42.9 Å². The summed E-state index contributed by atoms with van der Waals surface area (Å²) < 4.78 is 15.9. The number of methoxy groups -OCH3 is 1. The highest BCUT2D eigenvalue weighted by Gasteiger charge is 2.19. The number of ether oxygens (including phenoxy) is 2. The van der Waals surface area contributed by atoms with E-state index in [9.17, 15) is 9.59 Å². The quantitative estimate of drug-likeness (QED) is 0.357. The van der Waals surface area contributed by atoms with E-state index in [-0.39, 0.29) is 29.5 Å². The molecule has 0 unspecified atom stereocenters. The molecule has 2 heterocycles. The lowest BCUT2D eigenvalue weighted by Crippen LogP contribution is -2.23. The van der Waals surface area contributed by atoms with Gasteiger partial charge >= 0.3 is 0 Å². The number of nitrogens with zero attached hydrogens (tertiary/aromatic N) is 5. The third-order valence-electron chi connectivity index (χ3n) is 5.50. The molecule has 4 aromatic rings. The second kappa shape index (κ2) is 10.5. The van der Waals surface area contributed by atoms with Crippen LogP contribution >= 0.6 is 11.8 Å². The number of aromatic nitrogens is 5. The first kappa shape index (κ1) is 24.1. The maximum Gasteiger partial charge on any atom is 0.295 e. The highest BCUT2D eigenvalue weighted by molar-refractivity contribution is 7.99. The number of anilines is 1. The summed E-state index contributed by atoms with van der Waals surface area (Å²) in [6.45, 7) is 2.02. The van der Waals surface area contributed by atoms with Crippen LogP contribution in [0.3, 0.4) is 0 Å². The number of thioether (sulfide) groups is 1. The number of para-hydroxylation sites is 1. The number of carbonyl (C=O) groups excluding carboxylic acids is 1. The molecule has 0 saturated heterocycles. The van der Waals surface area contributed by atoms with Crippen LogP contribution in [0.5, 0.6) is 11.5 Å². The predicted octanol–water partition coefficient (Wildman–Crippen LogP) is 2.93. The van der Waals surface area contributed by atoms with Crippen molar-refractivity contribution in [2.24, 2.45) is 14.1 Å². The van der Waals surface area contributed by atoms with E-state index < -0.39 is 0 Å². The molecule has 11 heteroatoms. The monoisotopic (exact) mass is 494 g/mol. The van der Waals surface area contributed by atoms with Crippen LogP contribution in [0.4, 0.5) is 5.69 Å². The summed E-state index contributed by atoms with van der Waals surface area (Å²) in [6, 6.07) is 16.5. The van der Waals surface area contributed by atoms with Crippen molar-refractivity contribution in [3.8, 4) is 17.2 Å². The Balaban J connectivity index is 1.37. The first-order chi connectivity index (χ1) is 16.9. The molecule has 182 valence electrons. The Morgan fingerprint density at radius 2 is 1.71 bits per heavy atom. The number of carbonyl (C=O) groups is 1. The second-order valence-electron chi connectivity index (χ2n) is 7.70. The van der Waals surface area contributed by atoms with Crippen LogP contribution in [-0.2, 0) is 25.5 Å². The van der Waals surface area contributed by atoms with E-state index in [0.717, 1.165) is 11.4 Å². The minimum Gasteiger partial charge on any atom is -0.497 e. The van der Waals surface area contributed by atoms with Gasteiger partial charge in [-0.25, -0.2) is 4.68 Å². The van der Waals surface area contributed by atoms with Gasteiger partial charge in [0.2, 0.25) is 5.91 Å². The SMILES string of the molecule is COc1ccc(OCc2nnc(SCC(=O)Nc3c(C)n(C)n(-c4ccccc4)c3=O)n2C)cc1. The number of nitrogens with one attached hydrogen (secondary N) is 1. The van der Waals surface area contributed by atoms with E-state index in [0.29, 0.717) is 22.4 Å². The average Bonchev–Trinajstić information content (AvgIpc) is 3.33. The van der Waals surface area contributed by atoms with Gasteiger partial charge in [-0.05, 0) is 43.3 Å². The third kappa shape index (κ3) is 5.24. The Labute approximate surface area is 206 Å². The molecule has 0 atom stereocenters. The van der Waals surface area contributed by atoms with E-state index in [2.05, 4.69) is 15.5 Å². The molecule has 0 aliphatic rings. The Bertz CT molecular complexity index is 1380. The third-order valence-corrected chi connectivity index (χ3v) is 6.52. The fourth-order valence-corrected chi connectivity index (χ4v) is 4.16. The van der Waals surface area contributed by atoms with Gasteiger partial charge in [-0.15, -0.1) is 10.2 Å². The van der Waals surface area contributed by atoms with E-state index in [1.165, 1.54) is 16.4 Å². The van der Waals surface area contributed by atoms with Gasteiger partial charge in [0.1, 0.15) is 23.8 Å². The number of hydrogen-bond acceptors (Lipinski definition) is 7. The zero-order chi connectivity index (χ0) is 24.9. The lowest BCUT2D eigenvalue weighted by Gasteiger charge is -2.07. The van der Waals surface area contributed by atoms with Crippen LogP contribution < -0.4 is 20.3 Å². The van der Waals surface area contributed by atoms with Crippen LogP contribution in [0.2, 0.25) is 0 Å². The maximum absolute atomic E-state index is 13.0. The van der Waals surface area contributed by atoms with E-state index in [1.807, 2.05) is 61.6 Å². The normalized spacial score (nSPS) is 10.9. The molecular formula is C24H26N6O4S. The van der Waals surface area contributed by atoms with Gasteiger partial charge in [-0.2, -0.15) is 0 Å². The minimum atomic E-state index is -0.306. The van der Waals surface area contributed by atoms with Crippen molar-refractivity contribution in [1.29, 1.82) is 0 Å². The standard InChI is InChI=1S/C24H26N6O4S/c1-16-22(23(32)30(29(16)3)17-8-6-5-7-9-17)25-21(31)15-35-24-27-26-20(28(24)2)14-34-19-12-10-18(33-4)11-13-19/h5-13H,14-15H2,1-4H3,(H,25,31). The van der Waals surface area contributed by atoms with E-state index in [4.69, 9.17) is 9.47 Å². The summed E-state index contributed by atoms with van der Waals surface area (Å²) in [5.41, 5.74) is 1.36. The summed E-state index contributed by atoms with van der Waals surface area (Å²) in [5, 5.41) is 11.6. The molecule has 2 aromatic carbocycles. The van der Waals surface area contributed by atoms with Crippen LogP contribution in [0.15, 0.2) is 64.5 Å². The number of benzene rings is 2. The van der Waals surface area contributed by atoms with Crippen molar-refractivity contribution in [3.63, 3.8) is 0 Å². The fraction of sp³-hybridized carbons (Fsp3) is 0.250. The van der Waals surface area contributed by atoms with Crippen molar-refractivity contribution in [3.05, 3.63) is 76.5 Å². The average molecular weight is 495 g/mol. The number of rotatable bonds is 9. The van der Waals surface area contributed by atoms with Crippen LogP contribution in [0.25, 0.3) is 5.69 Å². The Morgan fingerprint density at radius 1 is 1.03 bits per heavy atom. The molecular weight excluding hydrogens is 468 g/mol. The molecule has 0 saturated carbocycles. The molecule has 1 N–H and O–H groups in total. The smallest absolute Gasteiger partial charge is 0.295 e. The Kier molecular flexibility index (Phi) is 7.25. The van der Waals surface area contributed by atoms with Crippen molar-refractivity contribution >= 4 is 23.4 Å². The fourth-order valence-electron chi connectivity index (χ4n) is 3.43. The predicted molar refractivity (Wildman–Crippen MR) is 133 cm³/mol. The molecule has 0 bridgehead atoms. The lowest BCUT2D eigenvalue weighted by atomic mass is 10.3. The van der Waals surface area contributed by atoms with Gasteiger partial charge in [0.25, 0.3) is 5.56 Å². The molecule has 35 heavy (non-hydrogen) atoms.